The first-order valence-electron chi connectivity index (χ1n) is 4.30. The first-order valence-corrected chi connectivity index (χ1v) is 5.06. The van der Waals surface area contributed by atoms with Crippen LogP contribution in [0.5, 0.6) is 0 Å². The summed E-state index contributed by atoms with van der Waals surface area (Å²) in [6.07, 6.45) is 5.89. The van der Waals surface area contributed by atoms with Gasteiger partial charge in [-0.25, -0.2) is 0 Å². The van der Waals surface area contributed by atoms with Gasteiger partial charge in [-0.1, -0.05) is 23.2 Å². The maximum atomic E-state index is 8.45. The maximum Gasteiger partial charge on any atom is 0.0912 e. The van der Waals surface area contributed by atoms with Crippen LogP contribution in [-0.4, -0.2) is 0 Å². The quantitative estimate of drug-likeness (QED) is 0.741. The first-order chi connectivity index (χ1) is 7.69. The Morgan fingerprint density at radius 2 is 1.25 bits per heavy atom. The van der Waals surface area contributed by atoms with Crippen molar-refractivity contribution in [2.45, 2.75) is 0 Å². The Balaban J connectivity index is 3.29. The average molecular weight is 249 g/mol. The van der Waals surface area contributed by atoms with E-state index < -0.39 is 0 Å². The lowest BCUT2D eigenvalue weighted by Gasteiger charge is -2.03. The molecule has 2 nitrogen and oxygen atoms in total. The Kier molecular flexibility index (Phi) is 4.61. The van der Waals surface area contributed by atoms with Crippen LogP contribution in [0.3, 0.4) is 0 Å². The minimum absolute atomic E-state index is 0.411. The van der Waals surface area contributed by atoms with Gasteiger partial charge in [0, 0.05) is 12.2 Å². The van der Waals surface area contributed by atoms with Crippen molar-refractivity contribution in [1.82, 2.24) is 0 Å². The normalized spacial score (nSPS) is 10.5. The summed E-state index contributed by atoms with van der Waals surface area (Å²) in [6.45, 7) is 0. The van der Waals surface area contributed by atoms with Gasteiger partial charge in [-0.2, -0.15) is 10.5 Å². The van der Waals surface area contributed by atoms with E-state index in [9.17, 15) is 0 Å². The van der Waals surface area contributed by atoms with E-state index in [4.69, 9.17) is 33.7 Å². The Labute approximate surface area is 104 Å². The van der Waals surface area contributed by atoms with Crippen LogP contribution in [0.25, 0.3) is 12.2 Å². The molecule has 0 radical (unpaired) electrons. The first kappa shape index (κ1) is 12.3. The number of halogens is 2. The Morgan fingerprint density at radius 1 is 0.875 bits per heavy atom. The molecular formula is C12H6Cl2N2. The van der Waals surface area contributed by atoms with Crippen LogP contribution in [0.1, 0.15) is 11.1 Å². The van der Waals surface area contributed by atoms with Gasteiger partial charge in [0.05, 0.1) is 22.2 Å². The van der Waals surface area contributed by atoms with Crippen LogP contribution in [0.2, 0.25) is 10.0 Å². The summed E-state index contributed by atoms with van der Waals surface area (Å²) in [5.74, 6) is 0. The lowest BCUT2D eigenvalue weighted by Crippen LogP contribution is -1.82. The third kappa shape index (κ3) is 3.14. The van der Waals surface area contributed by atoms with E-state index in [1.165, 1.54) is 12.2 Å². The van der Waals surface area contributed by atoms with Gasteiger partial charge in [0.25, 0.3) is 0 Å². The number of nitriles is 2. The van der Waals surface area contributed by atoms with Gasteiger partial charge in [0.1, 0.15) is 0 Å². The van der Waals surface area contributed by atoms with Crippen LogP contribution >= 0.6 is 23.2 Å². The molecule has 0 aliphatic heterocycles. The van der Waals surface area contributed by atoms with Gasteiger partial charge in [0.15, 0.2) is 0 Å². The van der Waals surface area contributed by atoms with Crippen molar-refractivity contribution in [1.29, 1.82) is 10.5 Å². The number of hydrogen-bond acceptors (Lipinski definition) is 2. The SMILES string of the molecule is N#C/C=C/c1cc(Cl)c(Cl)cc1/C=C/C#N. The summed E-state index contributed by atoms with van der Waals surface area (Å²) in [7, 11) is 0. The van der Waals surface area contributed by atoms with E-state index in [2.05, 4.69) is 0 Å². The summed E-state index contributed by atoms with van der Waals surface area (Å²) in [4.78, 5) is 0. The van der Waals surface area contributed by atoms with E-state index in [0.29, 0.717) is 10.0 Å². The molecular weight excluding hydrogens is 243 g/mol. The van der Waals surface area contributed by atoms with Crippen LogP contribution in [-0.2, 0) is 0 Å². The minimum atomic E-state index is 0.411. The molecule has 0 atom stereocenters. The molecule has 0 aliphatic carbocycles. The zero-order valence-electron chi connectivity index (χ0n) is 8.11. The van der Waals surface area contributed by atoms with Gasteiger partial charge in [-0.3, -0.25) is 0 Å². The van der Waals surface area contributed by atoms with Crippen molar-refractivity contribution >= 4 is 35.4 Å². The molecule has 0 amide bonds. The number of benzene rings is 1. The molecule has 0 spiro atoms. The largest absolute Gasteiger partial charge is 0.193 e. The van der Waals surface area contributed by atoms with E-state index in [1.54, 1.807) is 24.3 Å². The molecule has 1 aromatic carbocycles. The molecule has 1 rings (SSSR count). The Morgan fingerprint density at radius 3 is 1.56 bits per heavy atom. The molecule has 0 N–H and O–H groups in total. The topological polar surface area (TPSA) is 47.6 Å². The minimum Gasteiger partial charge on any atom is -0.193 e. The molecule has 0 aliphatic rings. The predicted molar refractivity (Wildman–Crippen MR) is 65.8 cm³/mol. The monoisotopic (exact) mass is 248 g/mol. The molecule has 0 fully saturated rings. The van der Waals surface area contributed by atoms with Crippen molar-refractivity contribution in [3.8, 4) is 12.1 Å². The molecule has 0 saturated heterocycles. The second-order valence-corrected chi connectivity index (χ2v) is 3.63. The number of hydrogen-bond donors (Lipinski definition) is 0. The third-order valence-corrected chi connectivity index (χ3v) is 2.52. The van der Waals surface area contributed by atoms with Crippen LogP contribution in [0.15, 0.2) is 24.3 Å². The van der Waals surface area contributed by atoms with Crippen LogP contribution in [0, 0.1) is 22.7 Å². The van der Waals surface area contributed by atoms with E-state index >= 15 is 0 Å². The molecule has 4 heteroatoms. The zero-order valence-corrected chi connectivity index (χ0v) is 9.63. The van der Waals surface area contributed by atoms with Crippen molar-refractivity contribution < 1.29 is 0 Å². The lowest BCUT2D eigenvalue weighted by atomic mass is 10.1. The molecule has 16 heavy (non-hydrogen) atoms. The van der Waals surface area contributed by atoms with Crippen LogP contribution in [0.4, 0.5) is 0 Å². The van der Waals surface area contributed by atoms with Crippen molar-refractivity contribution in [3.05, 3.63) is 45.5 Å². The zero-order chi connectivity index (χ0) is 12.0. The van der Waals surface area contributed by atoms with E-state index in [-0.39, 0.29) is 0 Å². The fourth-order valence-electron chi connectivity index (χ4n) is 1.12. The molecule has 0 heterocycles. The Bertz CT molecular complexity index is 482. The van der Waals surface area contributed by atoms with Crippen molar-refractivity contribution in [2.24, 2.45) is 0 Å². The highest BCUT2D eigenvalue weighted by molar-refractivity contribution is 6.42. The van der Waals surface area contributed by atoms with Gasteiger partial charge in [-0.15, -0.1) is 0 Å². The highest BCUT2D eigenvalue weighted by Gasteiger charge is 2.03. The standard InChI is InChI=1S/C12H6Cl2N2/c13-11-7-9(3-1-5-15)10(4-2-6-16)8-12(11)14/h1-4,7-8H/b3-1+,4-2+. The van der Waals surface area contributed by atoms with Gasteiger partial charge in [-0.05, 0) is 35.4 Å². The number of nitrogens with zero attached hydrogens (tertiary/aromatic N) is 2. The fourth-order valence-corrected chi connectivity index (χ4v) is 1.46. The summed E-state index contributed by atoms with van der Waals surface area (Å²) < 4.78 is 0. The average Bonchev–Trinajstić information content (AvgIpc) is 2.28. The van der Waals surface area contributed by atoms with E-state index in [1.807, 2.05) is 12.1 Å². The van der Waals surface area contributed by atoms with Gasteiger partial charge < -0.3 is 0 Å². The Hall–Kier alpha value is -1.74. The number of rotatable bonds is 2. The highest BCUT2D eigenvalue weighted by Crippen LogP contribution is 2.27. The summed E-state index contributed by atoms with van der Waals surface area (Å²) >= 11 is 11.7. The maximum absolute atomic E-state index is 8.45. The molecule has 1 aromatic rings. The van der Waals surface area contributed by atoms with Gasteiger partial charge in [0.2, 0.25) is 0 Å². The molecule has 78 valence electrons. The number of allylic oxidation sites excluding steroid dienone is 2. The second kappa shape index (κ2) is 5.98. The summed E-state index contributed by atoms with van der Waals surface area (Å²) in [6, 6.07) is 7.07. The smallest absolute Gasteiger partial charge is 0.0912 e. The fraction of sp³-hybridized carbons (Fsp3) is 0. The summed E-state index contributed by atoms with van der Waals surface area (Å²) in [5, 5.41) is 17.7. The molecule has 0 bridgehead atoms. The lowest BCUT2D eigenvalue weighted by molar-refractivity contribution is 1.53. The van der Waals surface area contributed by atoms with Crippen molar-refractivity contribution in [3.63, 3.8) is 0 Å². The molecule has 0 unspecified atom stereocenters. The van der Waals surface area contributed by atoms with Crippen molar-refractivity contribution in [2.75, 3.05) is 0 Å². The third-order valence-electron chi connectivity index (χ3n) is 1.80. The predicted octanol–water partition coefficient (Wildman–Crippen LogP) is 4.07. The second-order valence-electron chi connectivity index (χ2n) is 2.82. The molecule has 0 aromatic heterocycles. The summed E-state index contributed by atoms with van der Waals surface area (Å²) in [5.41, 5.74) is 1.48. The van der Waals surface area contributed by atoms with Crippen LogP contribution < -0.4 is 0 Å². The van der Waals surface area contributed by atoms with Gasteiger partial charge >= 0.3 is 0 Å². The highest BCUT2D eigenvalue weighted by atomic mass is 35.5. The molecule has 0 saturated carbocycles. The van der Waals surface area contributed by atoms with E-state index in [0.717, 1.165) is 11.1 Å².